The Balaban J connectivity index is 1.30. The first kappa shape index (κ1) is 35.9. The lowest BCUT2D eigenvalue weighted by molar-refractivity contribution is -0.191. The van der Waals surface area contributed by atoms with Gasteiger partial charge in [0.15, 0.2) is 0 Å². The van der Waals surface area contributed by atoms with Crippen LogP contribution in [0, 0.1) is 52.3 Å². The fourth-order valence-corrected chi connectivity index (χ4v) is 12.2. The van der Waals surface area contributed by atoms with Gasteiger partial charge >= 0.3 is 5.97 Å². The fourth-order valence-electron chi connectivity index (χ4n) is 10.9. The Morgan fingerprint density at radius 3 is 2.46 bits per heavy atom. The second-order valence-corrected chi connectivity index (χ2v) is 18.3. The normalized spacial score (nSPS) is 35.2. The lowest BCUT2D eigenvalue weighted by Gasteiger charge is -2.62. The van der Waals surface area contributed by atoms with E-state index in [1.165, 1.54) is 19.3 Å². The molecule has 5 rings (SSSR count). The monoisotopic (exact) mass is 673 g/mol. The van der Waals surface area contributed by atoms with Gasteiger partial charge < -0.3 is 10.1 Å². The highest BCUT2D eigenvalue weighted by molar-refractivity contribution is 7.16. The van der Waals surface area contributed by atoms with Crippen molar-refractivity contribution in [3.63, 3.8) is 0 Å². The summed E-state index contributed by atoms with van der Waals surface area (Å²) in [6.45, 7) is 13.8. The summed E-state index contributed by atoms with van der Waals surface area (Å²) in [5, 5.41) is 3.35. The van der Waals surface area contributed by atoms with Crippen LogP contribution in [-0.4, -0.2) is 23.8 Å². The van der Waals surface area contributed by atoms with E-state index >= 15 is 0 Å². The number of fused-ring (bicyclic) bond motifs is 5. The Bertz CT molecular complexity index is 1230. The third-order valence-corrected chi connectivity index (χ3v) is 14.7. The second-order valence-electron chi connectivity index (χ2n) is 16.5. The first-order chi connectivity index (χ1) is 21.9. The van der Waals surface area contributed by atoms with Crippen molar-refractivity contribution in [1.82, 2.24) is 5.32 Å². The first-order valence-electron chi connectivity index (χ1n) is 18.6. The topological polar surface area (TPSA) is 72.5 Å². The van der Waals surface area contributed by atoms with Gasteiger partial charge in [-0.15, -0.1) is 11.3 Å². The molecule has 0 radical (unpaired) electrons. The van der Waals surface area contributed by atoms with Gasteiger partial charge in [-0.3, -0.25) is 14.4 Å². The predicted molar refractivity (Wildman–Crippen MR) is 188 cm³/mol. The van der Waals surface area contributed by atoms with Crippen LogP contribution in [-0.2, 0) is 19.1 Å². The number of unbranched alkanes of at least 4 members (excludes halogenated alkanes) is 4. The number of halogens is 1. The van der Waals surface area contributed by atoms with Gasteiger partial charge in [-0.2, -0.15) is 0 Å². The van der Waals surface area contributed by atoms with E-state index in [0.29, 0.717) is 61.1 Å². The molecule has 0 bridgehead atoms. The number of thiophene rings is 1. The van der Waals surface area contributed by atoms with E-state index in [1.807, 2.05) is 12.1 Å². The van der Waals surface area contributed by atoms with Crippen LogP contribution in [0.2, 0.25) is 4.34 Å². The van der Waals surface area contributed by atoms with Gasteiger partial charge in [0.1, 0.15) is 11.9 Å². The maximum Gasteiger partial charge on any atom is 0.306 e. The Hall–Kier alpha value is -1.40. The van der Waals surface area contributed by atoms with Crippen LogP contribution in [0.5, 0.6) is 0 Å². The molecular weight excluding hydrogens is 614 g/mol. The van der Waals surface area contributed by atoms with Gasteiger partial charge in [-0.1, -0.05) is 78.8 Å². The second kappa shape index (κ2) is 15.0. The minimum atomic E-state index is -0.0940. The number of Topliss-reactive ketones (excluding diaryl/α,β-unsaturated/α-hetero) is 1. The van der Waals surface area contributed by atoms with E-state index < -0.39 is 0 Å². The Kier molecular flexibility index (Phi) is 11.7. The molecular formula is C39H60ClNO4S. The average Bonchev–Trinajstić information content (AvgIpc) is 3.59. The molecule has 4 aliphatic carbocycles. The SMILES string of the molecule is CCCCCCCC(=O)O[C@@H]1C[C@@H]2CC(=O)CC[C@]2(C)[C@H]2CC[C@]3(C)[C@@H]([C@H](C)CC(=O)N[C@@H](c4ccc(Cl)s4)C(C)C)CC[C@H]3[C@H]12. The molecule has 4 aliphatic rings. The largest absolute Gasteiger partial charge is 0.462 e. The minimum Gasteiger partial charge on any atom is -0.462 e. The summed E-state index contributed by atoms with van der Waals surface area (Å²) < 4.78 is 7.25. The van der Waals surface area contributed by atoms with Gasteiger partial charge in [-0.05, 0) is 103 Å². The molecule has 1 heterocycles. The highest BCUT2D eigenvalue weighted by atomic mass is 35.5. The predicted octanol–water partition coefficient (Wildman–Crippen LogP) is 10.4. The zero-order valence-corrected chi connectivity index (χ0v) is 30.9. The molecule has 10 atom stereocenters. The molecule has 5 nitrogen and oxygen atoms in total. The molecule has 1 N–H and O–H groups in total. The Morgan fingerprint density at radius 1 is 1.02 bits per heavy atom. The number of nitrogens with one attached hydrogen (secondary N) is 1. The number of rotatable bonds is 13. The highest BCUT2D eigenvalue weighted by Crippen LogP contribution is 2.68. The Morgan fingerprint density at radius 2 is 1.76 bits per heavy atom. The number of carbonyl (C=O) groups is 3. The van der Waals surface area contributed by atoms with E-state index in [2.05, 4.69) is 46.9 Å². The number of ketones is 1. The number of amides is 1. The summed E-state index contributed by atoms with van der Waals surface area (Å²) in [5.41, 5.74) is 0.265. The van der Waals surface area contributed by atoms with Crippen LogP contribution in [0.4, 0.5) is 0 Å². The summed E-state index contributed by atoms with van der Waals surface area (Å²) in [5.74, 6) is 3.12. The van der Waals surface area contributed by atoms with E-state index in [0.717, 1.165) is 60.6 Å². The van der Waals surface area contributed by atoms with E-state index in [4.69, 9.17) is 16.3 Å². The Labute approximate surface area is 287 Å². The number of carbonyl (C=O) groups excluding carboxylic acids is 3. The highest BCUT2D eigenvalue weighted by Gasteiger charge is 2.64. The third-order valence-electron chi connectivity index (χ3n) is 13.4. The van der Waals surface area contributed by atoms with Crippen LogP contribution < -0.4 is 5.32 Å². The number of esters is 1. The van der Waals surface area contributed by atoms with Gasteiger partial charge in [0.2, 0.25) is 5.91 Å². The molecule has 1 amide bonds. The van der Waals surface area contributed by atoms with Crippen molar-refractivity contribution in [2.24, 2.45) is 52.3 Å². The van der Waals surface area contributed by atoms with E-state index in [9.17, 15) is 14.4 Å². The zero-order chi connectivity index (χ0) is 33.2. The van der Waals surface area contributed by atoms with Gasteiger partial charge in [-0.25, -0.2) is 0 Å². The van der Waals surface area contributed by atoms with Crippen molar-refractivity contribution in [3.05, 3.63) is 21.3 Å². The van der Waals surface area contributed by atoms with E-state index in [-0.39, 0.29) is 46.7 Å². The van der Waals surface area contributed by atoms with Crippen molar-refractivity contribution < 1.29 is 19.1 Å². The molecule has 4 saturated carbocycles. The van der Waals surface area contributed by atoms with Gasteiger partial charge in [0.25, 0.3) is 0 Å². The van der Waals surface area contributed by atoms with Gasteiger partial charge in [0, 0.05) is 36.5 Å². The summed E-state index contributed by atoms with van der Waals surface area (Å²) in [4.78, 5) is 40.6. The van der Waals surface area contributed by atoms with Crippen molar-refractivity contribution in [1.29, 1.82) is 0 Å². The molecule has 1 aromatic rings. The molecule has 46 heavy (non-hydrogen) atoms. The summed E-state index contributed by atoms with van der Waals surface area (Å²) in [6.07, 6.45) is 14.2. The summed E-state index contributed by atoms with van der Waals surface area (Å²) in [7, 11) is 0. The van der Waals surface area contributed by atoms with Crippen molar-refractivity contribution in [2.75, 3.05) is 0 Å². The van der Waals surface area contributed by atoms with Crippen LogP contribution in [0.25, 0.3) is 0 Å². The molecule has 0 aliphatic heterocycles. The standard InChI is InChI=1S/C39H60ClNO4S/c1-7-8-9-10-11-12-35(44)45-31-23-26-22-27(42)17-19-38(26,5)30-18-20-39(6)28(13-14-29(39)36(30)31)25(4)21-34(43)41-37(24(2)3)32-15-16-33(40)46-32/h15-16,24-26,28-31,36-37H,7-14,17-23H2,1-6H3,(H,41,43)/t25-,26+,28-,29+,30+,31-,36+,37-,38+,39-/m1/s1. The molecule has 0 unspecified atom stereocenters. The third kappa shape index (κ3) is 7.43. The van der Waals surface area contributed by atoms with Crippen LogP contribution in [0.15, 0.2) is 12.1 Å². The molecule has 7 heteroatoms. The molecule has 258 valence electrons. The van der Waals surface area contributed by atoms with Crippen LogP contribution in [0.3, 0.4) is 0 Å². The number of hydrogen-bond donors (Lipinski definition) is 1. The molecule has 4 fully saturated rings. The molecule has 0 spiro atoms. The molecule has 0 saturated heterocycles. The average molecular weight is 674 g/mol. The maximum atomic E-state index is 13.5. The van der Waals surface area contributed by atoms with Crippen LogP contribution >= 0.6 is 22.9 Å². The fraction of sp³-hybridized carbons (Fsp3) is 0.821. The van der Waals surface area contributed by atoms with Crippen molar-refractivity contribution in [3.8, 4) is 0 Å². The van der Waals surface area contributed by atoms with Crippen LogP contribution in [0.1, 0.15) is 149 Å². The number of ether oxygens (including phenoxy) is 1. The van der Waals surface area contributed by atoms with Crippen molar-refractivity contribution >= 4 is 40.6 Å². The summed E-state index contributed by atoms with van der Waals surface area (Å²) >= 11 is 7.79. The maximum absolute atomic E-state index is 13.5. The van der Waals surface area contributed by atoms with Gasteiger partial charge in [0.05, 0.1) is 10.4 Å². The molecule has 1 aromatic heterocycles. The minimum absolute atomic E-state index is 0.0278. The first-order valence-corrected chi connectivity index (χ1v) is 19.8. The van der Waals surface area contributed by atoms with Crippen molar-refractivity contribution in [2.45, 2.75) is 150 Å². The lowest BCUT2D eigenvalue weighted by Crippen LogP contribution is -2.59. The summed E-state index contributed by atoms with van der Waals surface area (Å²) in [6, 6.07) is 3.92. The number of hydrogen-bond acceptors (Lipinski definition) is 5. The smallest absolute Gasteiger partial charge is 0.306 e. The molecule has 0 aromatic carbocycles. The lowest BCUT2D eigenvalue weighted by atomic mass is 9.43. The van der Waals surface area contributed by atoms with E-state index in [1.54, 1.807) is 11.3 Å². The quantitative estimate of drug-likeness (QED) is 0.167. The zero-order valence-electron chi connectivity index (χ0n) is 29.4.